The van der Waals surface area contributed by atoms with Crippen molar-refractivity contribution in [2.24, 2.45) is 5.92 Å². The fourth-order valence-corrected chi connectivity index (χ4v) is 5.88. The van der Waals surface area contributed by atoms with Crippen LogP contribution >= 0.6 is 0 Å². The second-order valence-corrected chi connectivity index (χ2v) is 9.97. The van der Waals surface area contributed by atoms with E-state index in [1.807, 2.05) is 18.2 Å². The molecule has 7 nitrogen and oxygen atoms in total. The third kappa shape index (κ3) is 4.65. The van der Waals surface area contributed by atoms with Gasteiger partial charge in [0.15, 0.2) is 5.82 Å². The third-order valence-corrected chi connectivity index (χ3v) is 8.02. The van der Waals surface area contributed by atoms with Crippen LogP contribution in [0.2, 0.25) is 0 Å². The number of aryl methyl sites for hydroxylation is 1. The van der Waals surface area contributed by atoms with E-state index in [2.05, 4.69) is 19.9 Å². The van der Waals surface area contributed by atoms with Gasteiger partial charge in [0.1, 0.15) is 10.6 Å². The summed E-state index contributed by atoms with van der Waals surface area (Å²) in [6.45, 7) is 5.46. The van der Waals surface area contributed by atoms with Gasteiger partial charge < -0.3 is 4.90 Å². The molecule has 0 amide bonds. The molecule has 1 aliphatic carbocycles. The standard InChI is InChI=1S/C21H29N5O2S/c1-17-20(15-23-21(24-17)19-9-5-6-10-22-19)29(27,28)26-13-11-25(12-14-26)16-18-7-3-2-4-8-18/h5-6,9-10,15,18H,2-4,7-8,11-14,16H2,1H3. The molecule has 2 aromatic heterocycles. The zero-order chi connectivity index (χ0) is 20.3. The van der Waals surface area contributed by atoms with Crippen LogP contribution in [-0.2, 0) is 10.0 Å². The van der Waals surface area contributed by atoms with Gasteiger partial charge in [-0.2, -0.15) is 4.31 Å². The first-order valence-corrected chi connectivity index (χ1v) is 12.0. The molecule has 2 aliphatic rings. The zero-order valence-corrected chi connectivity index (χ0v) is 17.8. The minimum Gasteiger partial charge on any atom is -0.300 e. The number of hydrogen-bond acceptors (Lipinski definition) is 6. The second-order valence-electron chi connectivity index (χ2n) is 8.07. The van der Waals surface area contributed by atoms with E-state index in [4.69, 9.17) is 0 Å². The maximum atomic E-state index is 13.2. The Morgan fingerprint density at radius 3 is 2.45 bits per heavy atom. The van der Waals surface area contributed by atoms with Crippen LogP contribution in [-0.4, -0.2) is 65.3 Å². The molecule has 1 saturated heterocycles. The Morgan fingerprint density at radius 1 is 1.03 bits per heavy atom. The maximum absolute atomic E-state index is 13.2. The number of nitrogens with zero attached hydrogens (tertiary/aromatic N) is 5. The molecule has 2 fully saturated rings. The average Bonchev–Trinajstić information content (AvgIpc) is 2.75. The summed E-state index contributed by atoms with van der Waals surface area (Å²) in [4.78, 5) is 15.5. The van der Waals surface area contributed by atoms with Crippen molar-refractivity contribution in [1.29, 1.82) is 0 Å². The molecule has 0 N–H and O–H groups in total. The lowest BCUT2D eigenvalue weighted by Gasteiger charge is -2.36. The normalized spacial score (nSPS) is 20.0. The maximum Gasteiger partial charge on any atom is 0.246 e. The van der Waals surface area contributed by atoms with Crippen LogP contribution in [0.1, 0.15) is 37.8 Å². The molecule has 0 unspecified atom stereocenters. The smallest absolute Gasteiger partial charge is 0.246 e. The van der Waals surface area contributed by atoms with Crippen LogP contribution in [0.5, 0.6) is 0 Å². The number of aromatic nitrogens is 3. The molecule has 0 radical (unpaired) electrons. The van der Waals surface area contributed by atoms with Gasteiger partial charge in [-0.15, -0.1) is 0 Å². The van der Waals surface area contributed by atoms with Crippen molar-refractivity contribution in [2.45, 2.75) is 43.9 Å². The van der Waals surface area contributed by atoms with E-state index in [-0.39, 0.29) is 4.90 Å². The molecular weight excluding hydrogens is 386 g/mol. The Kier molecular flexibility index (Phi) is 6.22. The van der Waals surface area contributed by atoms with Crippen molar-refractivity contribution >= 4 is 10.0 Å². The van der Waals surface area contributed by atoms with Gasteiger partial charge in [0, 0.05) is 38.9 Å². The van der Waals surface area contributed by atoms with Gasteiger partial charge in [-0.05, 0) is 37.8 Å². The van der Waals surface area contributed by atoms with Gasteiger partial charge in [-0.3, -0.25) is 4.98 Å². The molecule has 0 atom stereocenters. The van der Waals surface area contributed by atoms with Crippen LogP contribution in [0.4, 0.5) is 0 Å². The van der Waals surface area contributed by atoms with Crippen molar-refractivity contribution in [3.05, 3.63) is 36.3 Å². The summed E-state index contributed by atoms with van der Waals surface area (Å²) in [5.74, 6) is 1.22. The largest absolute Gasteiger partial charge is 0.300 e. The van der Waals surface area contributed by atoms with E-state index >= 15 is 0 Å². The van der Waals surface area contributed by atoms with Crippen molar-refractivity contribution < 1.29 is 8.42 Å². The first-order valence-electron chi connectivity index (χ1n) is 10.5. The fourth-order valence-electron chi connectivity index (χ4n) is 4.35. The van der Waals surface area contributed by atoms with Crippen molar-refractivity contribution in [1.82, 2.24) is 24.2 Å². The van der Waals surface area contributed by atoms with Crippen LogP contribution < -0.4 is 0 Å². The Morgan fingerprint density at radius 2 is 1.79 bits per heavy atom. The molecule has 0 bridgehead atoms. The summed E-state index contributed by atoms with van der Waals surface area (Å²) in [7, 11) is -3.59. The molecule has 156 valence electrons. The molecule has 0 spiro atoms. The Labute approximate surface area is 173 Å². The van der Waals surface area contributed by atoms with E-state index < -0.39 is 10.0 Å². The lowest BCUT2D eigenvalue weighted by Crippen LogP contribution is -2.49. The Hall–Kier alpha value is -1.90. The summed E-state index contributed by atoms with van der Waals surface area (Å²) in [5, 5.41) is 0. The lowest BCUT2D eigenvalue weighted by molar-refractivity contribution is 0.150. The van der Waals surface area contributed by atoms with Crippen LogP contribution in [0.25, 0.3) is 11.5 Å². The number of piperazine rings is 1. The average molecular weight is 416 g/mol. The van der Waals surface area contributed by atoms with Gasteiger partial charge in [-0.25, -0.2) is 18.4 Å². The second kappa shape index (κ2) is 8.85. The predicted molar refractivity (Wildman–Crippen MR) is 112 cm³/mol. The summed E-state index contributed by atoms with van der Waals surface area (Å²) < 4.78 is 27.9. The SMILES string of the molecule is Cc1nc(-c2ccccn2)ncc1S(=O)(=O)N1CCN(CC2CCCCC2)CC1. The highest BCUT2D eigenvalue weighted by molar-refractivity contribution is 7.89. The molecule has 1 saturated carbocycles. The van der Waals surface area contributed by atoms with Crippen molar-refractivity contribution in [3.8, 4) is 11.5 Å². The Bertz CT molecular complexity index is 921. The van der Waals surface area contributed by atoms with Gasteiger partial charge in [0.05, 0.1) is 11.9 Å². The first-order chi connectivity index (χ1) is 14.0. The highest BCUT2D eigenvalue weighted by atomic mass is 32.2. The number of pyridine rings is 1. The zero-order valence-electron chi connectivity index (χ0n) is 17.0. The van der Waals surface area contributed by atoms with E-state index in [0.717, 1.165) is 25.6 Å². The van der Waals surface area contributed by atoms with Gasteiger partial charge in [-0.1, -0.05) is 25.3 Å². The number of rotatable bonds is 5. The summed E-state index contributed by atoms with van der Waals surface area (Å²) >= 11 is 0. The molecule has 3 heterocycles. The fraction of sp³-hybridized carbons (Fsp3) is 0.571. The van der Waals surface area contributed by atoms with Gasteiger partial charge >= 0.3 is 0 Å². The topological polar surface area (TPSA) is 79.3 Å². The first kappa shape index (κ1) is 20.4. The van der Waals surface area contributed by atoms with E-state index in [1.165, 1.54) is 38.3 Å². The Balaban J connectivity index is 1.42. The summed E-state index contributed by atoms with van der Waals surface area (Å²) in [5.41, 5.74) is 1.10. The quantitative estimate of drug-likeness (QED) is 0.747. The number of hydrogen-bond donors (Lipinski definition) is 0. The van der Waals surface area contributed by atoms with Gasteiger partial charge in [0.25, 0.3) is 0 Å². The molecular formula is C21H29N5O2S. The van der Waals surface area contributed by atoms with E-state index in [1.54, 1.807) is 17.4 Å². The minimum atomic E-state index is -3.59. The third-order valence-electron chi connectivity index (χ3n) is 6.02. The van der Waals surface area contributed by atoms with Gasteiger partial charge in [0.2, 0.25) is 10.0 Å². The monoisotopic (exact) mass is 415 g/mol. The van der Waals surface area contributed by atoms with Crippen LogP contribution in [0, 0.1) is 12.8 Å². The van der Waals surface area contributed by atoms with Crippen LogP contribution in [0.15, 0.2) is 35.5 Å². The minimum absolute atomic E-state index is 0.193. The molecule has 0 aromatic carbocycles. The highest BCUT2D eigenvalue weighted by Gasteiger charge is 2.31. The summed E-state index contributed by atoms with van der Waals surface area (Å²) in [6.07, 6.45) is 9.78. The molecule has 4 rings (SSSR count). The molecule has 8 heteroatoms. The molecule has 29 heavy (non-hydrogen) atoms. The summed E-state index contributed by atoms with van der Waals surface area (Å²) in [6, 6.07) is 5.50. The molecule has 2 aromatic rings. The van der Waals surface area contributed by atoms with E-state index in [9.17, 15) is 8.42 Å². The molecule has 1 aliphatic heterocycles. The van der Waals surface area contributed by atoms with E-state index in [0.29, 0.717) is 30.3 Å². The number of sulfonamides is 1. The van der Waals surface area contributed by atoms with Crippen LogP contribution in [0.3, 0.4) is 0 Å². The predicted octanol–water partition coefficient (Wildman–Crippen LogP) is 2.73. The van der Waals surface area contributed by atoms with Crippen molar-refractivity contribution in [2.75, 3.05) is 32.7 Å². The highest BCUT2D eigenvalue weighted by Crippen LogP contribution is 2.26. The lowest BCUT2D eigenvalue weighted by atomic mass is 9.89. The van der Waals surface area contributed by atoms with Crippen molar-refractivity contribution in [3.63, 3.8) is 0 Å².